The quantitative estimate of drug-likeness (QED) is 0.782. The number of rotatable bonds is 6. The van der Waals surface area contributed by atoms with Crippen LogP contribution in [-0.2, 0) is 6.54 Å². The molecular formula is C23H34N4. The predicted octanol–water partition coefficient (Wildman–Crippen LogP) is 4.05. The highest BCUT2D eigenvalue weighted by atomic mass is 15.2. The number of para-hydroxylation sites is 1. The molecule has 2 saturated heterocycles. The third-order valence-electron chi connectivity index (χ3n) is 6.32. The van der Waals surface area contributed by atoms with Gasteiger partial charge in [-0.1, -0.05) is 18.2 Å². The Hall–Kier alpha value is -1.65. The number of benzene rings is 1. The van der Waals surface area contributed by atoms with Crippen LogP contribution in [0.2, 0.25) is 0 Å². The molecule has 0 atom stereocenters. The molecule has 1 aromatic heterocycles. The molecule has 0 saturated carbocycles. The summed E-state index contributed by atoms with van der Waals surface area (Å²) in [6.07, 6.45) is 7.95. The van der Waals surface area contributed by atoms with Crippen molar-refractivity contribution in [3.63, 3.8) is 0 Å². The van der Waals surface area contributed by atoms with Crippen molar-refractivity contribution in [3.05, 3.63) is 35.9 Å². The molecule has 2 aliphatic heterocycles. The molecule has 2 fully saturated rings. The van der Waals surface area contributed by atoms with Gasteiger partial charge in [-0.05, 0) is 83.3 Å². The minimum Gasteiger partial charge on any atom is -0.356 e. The van der Waals surface area contributed by atoms with Gasteiger partial charge in [-0.25, -0.2) is 4.98 Å². The first-order chi connectivity index (χ1) is 13.3. The number of piperidine rings is 2. The van der Waals surface area contributed by atoms with Gasteiger partial charge in [0.2, 0.25) is 0 Å². The monoisotopic (exact) mass is 366 g/mol. The Morgan fingerprint density at radius 1 is 1.04 bits per heavy atom. The van der Waals surface area contributed by atoms with E-state index in [9.17, 15) is 0 Å². The normalized spacial score (nSPS) is 19.7. The fourth-order valence-corrected chi connectivity index (χ4v) is 4.54. The molecule has 4 nitrogen and oxygen atoms in total. The van der Waals surface area contributed by atoms with E-state index in [1.54, 1.807) is 0 Å². The second-order valence-corrected chi connectivity index (χ2v) is 8.42. The molecule has 3 heterocycles. The van der Waals surface area contributed by atoms with E-state index >= 15 is 0 Å². The largest absolute Gasteiger partial charge is 0.356 e. The Morgan fingerprint density at radius 3 is 2.63 bits per heavy atom. The Morgan fingerprint density at radius 2 is 1.81 bits per heavy atom. The molecule has 146 valence electrons. The maximum atomic E-state index is 5.06. The van der Waals surface area contributed by atoms with E-state index in [4.69, 9.17) is 4.98 Å². The van der Waals surface area contributed by atoms with Crippen molar-refractivity contribution in [3.8, 4) is 0 Å². The molecule has 0 amide bonds. The number of hydrogen-bond donors (Lipinski definition) is 1. The number of nitrogens with zero attached hydrogens (tertiary/aromatic N) is 3. The summed E-state index contributed by atoms with van der Waals surface area (Å²) in [4.78, 5) is 10.0. The summed E-state index contributed by atoms with van der Waals surface area (Å²) in [7, 11) is 2.24. The molecular weight excluding hydrogens is 332 g/mol. The summed E-state index contributed by atoms with van der Waals surface area (Å²) in [5.74, 6) is 2.10. The molecule has 4 rings (SSSR count). The first-order valence-electron chi connectivity index (χ1n) is 10.8. The fourth-order valence-electron chi connectivity index (χ4n) is 4.54. The summed E-state index contributed by atoms with van der Waals surface area (Å²) in [5.41, 5.74) is 2.48. The Balaban J connectivity index is 1.41. The van der Waals surface area contributed by atoms with E-state index < -0.39 is 0 Å². The van der Waals surface area contributed by atoms with Crippen LogP contribution in [-0.4, -0.2) is 49.7 Å². The smallest absolute Gasteiger partial charge is 0.133 e. The average molecular weight is 367 g/mol. The number of fused-ring (bicyclic) bond motifs is 1. The van der Waals surface area contributed by atoms with Gasteiger partial charge in [0.1, 0.15) is 5.82 Å². The van der Waals surface area contributed by atoms with Crippen molar-refractivity contribution in [1.29, 1.82) is 0 Å². The van der Waals surface area contributed by atoms with E-state index in [0.717, 1.165) is 37.6 Å². The van der Waals surface area contributed by atoms with Crippen LogP contribution >= 0.6 is 0 Å². The minimum absolute atomic E-state index is 0.894. The van der Waals surface area contributed by atoms with Crippen LogP contribution < -0.4 is 10.2 Å². The standard InChI is InChI=1S/C23H34N4/c1-26-15-10-19(11-16-26)9-12-24-18-21-17-20-7-3-4-8-22(20)25-23(21)27-13-5-2-6-14-27/h3-4,7-8,17,19,24H,2,5-6,9-16,18H2,1H3. The van der Waals surface area contributed by atoms with Crippen molar-refractivity contribution in [1.82, 2.24) is 15.2 Å². The predicted molar refractivity (Wildman–Crippen MR) is 114 cm³/mol. The van der Waals surface area contributed by atoms with Crippen LogP contribution in [0.25, 0.3) is 10.9 Å². The van der Waals surface area contributed by atoms with Crippen LogP contribution in [0.3, 0.4) is 0 Å². The van der Waals surface area contributed by atoms with Gasteiger partial charge in [-0.3, -0.25) is 0 Å². The zero-order valence-electron chi connectivity index (χ0n) is 16.8. The summed E-state index contributed by atoms with van der Waals surface area (Å²) in [6.45, 7) is 6.86. The summed E-state index contributed by atoms with van der Waals surface area (Å²) >= 11 is 0. The molecule has 4 heteroatoms. The molecule has 2 aliphatic rings. The molecule has 27 heavy (non-hydrogen) atoms. The summed E-state index contributed by atoms with van der Waals surface area (Å²) in [5, 5.41) is 4.98. The third-order valence-corrected chi connectivity index (χ3v) is 6.32. The molecule has 0 bridgehead atoms. The Bertz CT molecular complexity index is 730. The fraction of sp³-hybridized carbons (Fsp3) is 0.609. The first-order valence-corrected chi connectivity index (χ1v) is 10.8. The van der Waals surface area contributed by atoms with Gasteiger partial charge in [0.15, 0.2) is 0 Å². The molecule has 0 radical (unpaired) electrons. The molecule has 0 unspecified atom stereocenters. The second-order valence-electron chi connectivity index (χ2n) is 8.42. The molecule has 0 aliphatic carbocycles. The first kappa shape index (κ1) is 18.7. The van der Waals surface area contributed by atoms with Gasteiger partial charge in [0.05, 0.1) is 5.52 Å². The number of likely N-dealkylation sites (tertiary alicyclic amines) is 1. The van der Waals surface area contributed by atoms with Crippen molar-refractivity contribution in [2.75, 3.05) is 44.7 Å². The number of anilines is 1. The summed E-state index contributed by atoms with van der Waals surface area (Å²) in [6, 6.07) is 10.9. The van der Waals surface area contributed by atoms with Gasteiger partial charge in [-0.15, -0.1) is 0 Å². The van der Waals surface area contributed by atoms with Gasteiger partial charge in [-0.2, -0.15) is 0 Å². The Kier molecular flexibility index (Phi) is 6.25. The lowest BCUT2D eigenvalue weighted by Gasteiger charge is -2.30. The van der Waals surface area contributed by atoms with Gasteiger partial charge < -0.3 is 15.1 Å². The maximum Gasteiger partial charge on any atom is 0.133 e. The van der Waals surface area contributed by atoms with Crippen LogP contribution in [0.4, 0.5) is 5.82 Å². The third kappa shape index (κ3) is 4.80. The van der Waals surface area contributed by atoms with E-state index in [2.05, 4.69) is 52.5 Å². The highest BCUT2D eigenvalue weighted by molar-refractivity contribution is 5.81. The second kappa shape index (κ2) is 9.03. The van der Waals surface area contributed by atoms with E-state index in [-0.39, 0.29) is 0 Å². The van der Waals surface area contributed by atoms with Gasteiger partial charge in [0, 0.05) is 30.6 Å². The van der Waals surface area contributed by atoms with Gasteiger partial charge >= 0.3 is 0 Å². The maximum absolute atomic E-state index is 5.06. The van der Waals surface area contributed by atoms with E-state index in [1.807, 2.05) is 0 Å². The Labute approximate surface area is 163 Å². The van der Waals surface area contributed by atoms with Crippen molar-refractivity contribution >= 4 is 16.7 Å². The average Bonchev–Trinajstić information content (AvgIpc) is 2.72. The lowest BCUT2D eigenvalue weighted by molar-refractivity contribution is 0.211. The molecule has 1 aromatic carbocycles. The highest BCUT2D eigenvalue weighted by Gasteiger charge is 2.18. The number of aromatic nitrogens is 1. The SMILES string of the molecule is CN1CCC(CCNCc2cc3ccccc3nc2N2CCCCC2)CC1. The summed E-state index contributed by atoms with van der Waals surface area (Å²) < 4.78 is 0. The highest BCUT2D eigenvalue weighted by Crippen LogP contribution is 2.26. The van der Waals surface area contributed by atoms with Crippen molar-refractivity contribution < 1.29 is 0 Å². The zero-order valence-corrected chi connectivity index (χ0v) is 16.8. The van der Waals surface area contributed by atoms with Crippen LogP contribution in [0.15, 0.2) is 30.3 Å². The topological polar surface area (TPSA) is 31.4 Å². The number of pyridine rings is 1. The van der Waals surface area contributed by atoms with Crippen molar-refractivity contribution in [2.45, 2.75) is 45.1 Å². The van der Waals surface area contributed by atoms with Gasteiger partial charge in [0.25, 0.3) is 0 Å². The van der Waals surface area contributed by atoms with E-state index in [0.29, 0.717) is 0 Å². The minimum atomic E-state index is 0.894. The number of nitrogens with one attached hydrogen (secondary N) is 1. The molecule has 2 aromatic rings. The van der Waals surface area contributed by atoms with Crippen LogP contribution in [0.1, 0.15) is 44.1 Å². The van der Waals surface area contributed by atoms with Crippen LogP contribution in [0, 0.1) is 5.92 Å². The lowest BCUT2D eigenvalue weighted by Crippen LogP contribution is -2.32. The van der Waals surface area contributed by atoms with Crippen molar-refractivity contribution in [2.24, 2.45) is 5.92 Å². The van der Waals surface area contributed by atoms with E-state index in [1.165, 1.54) is 68.4 Å². The molecule has 1 N–H and O–H groups in total. The molecule has 0 spiro atoms. The number of hydrogen-bond acceptors (Lipinski definition) is 4. The zero-order chi connectivity index (χ0) is 18.5. The van der Waals surface area contributed by atoms with Crippen LogP contribution in [0.5, 0.6) is 0 Å². The lowest BCUT2D eigenvalue weighted by atomic mass is 9.94.